The molecule has 0 spiro atoms. The second-order valence-electron chi connectivity index (χ2n) is 13.6. The molecular formula is C51H33N3O. The molecule has 4 nitrogen and oxygen atoms in total. The second kappa shape index (κ2) is 13.8. The standard InChI is InChI=1S/C51H33N3O/c1-5-15-34(16-6-1)38-23-13-24-39(29-38)50-52-49(37-21-11-4-12-22-37)53-51(54-50)40-27-28-46-45(33-40)48-44(25-14-26-47(48)55-46)43-31-41(35-17-7-2-8-18-35)30-42(32-43)36-19-9-3-10-20-36/h1-33H. The number of aromatic nitrogens is 3. The van der Waals surface area contributed by atoms with Crippen LogP contribution in [0, 0.1) is 0 Å². The molecule has 0 aliphatic heterocycles. The average molecular weight is 704 g/mol. The van der Waals surface area contributed by atoms with Crippen molar-refractivity contribution in [3.8, 4) is 78.7 Å². The Morgan fingerprint density at radius 3 is 1.31 bits per heavy atom. The molecular weight excluding hydrogens is 671 g/mol. The molecule has 8 aromatic carbocycles. The lowest BCUT2D eigenvalue weighted by Gasteiger charge is -2.12. The SMILES string of the molecule is c1ccc(-c2cccc(-c3nc(-c4ccccc4)nc(-c4ccc5oc6cccc(-c7cc(-c8ccccc8)cc(-c8ccccc8)c7)c6c5c4)n3)c2)cc1. The smallest absolute Gasteiger partial charge is 0.164 e. The van der Waals surface area contributed by atoms with Gasteiger partial charge in [-0.1, -0.05) is 152 Å². The van der Waals surface area contributed by atoms with E-state index in [1.807, 2.05) is 54.6 Å². The van der Waals surface area contributed by atoms with Crippen LogP contribution in [0.3, 0.4) is 0 Å². The molecule has 10 aromatic rings. The highest BCUT2D eigenvalue weighted by atomic mass is 16.3. The quantitative estimate of drug-likeness (QED) is 0.166. The van der Waals surface area contributed by atoms with Crippen molar-refractivity contribution in [2.45, 2.75) is 0 Å². The van der Waals surface area contributed by atoms with Crippen LogP contribution in [-0.2, 0) is 0 Å². The fraction of sp³-hybridized carbons (Fsp3) is 0. The summed E-state index contributed by atoms with van der Waals surface area (Å²) < 4.78 is 6.52. The van der Waals surface area contributed by atoms with Gasteiger partial charge in [0.1, 0.15) is 11.2 Å². The minimum Gasteiger partial charge on any atom is -0.456 e. The van der Waals surface area contributed by atoms with Crippen LogP contribution < -0.4 is 0 Å². The van der Waals surface area contributed by atoms with Gasteiger partial charge in [0, 0.05) is 27.5 Å². The first kappa shape index (κ1) is 32.2. The first-order valence-corrected chi connectivity index (χ1v) is 18.4. The lowest BCUT2D eigenvalue weighted by Crippen LogP contribution is -2.00. The van der Waals surface area contributed by atoms with Gasteiger partial charge in [-0.2, -0.15) is 0 Å². The van der Waals surface area contributed by atoms with Gasteiger partial charge in [-0.25, -0.2) is 15.0 Å². The molecule has 0 radical (unpaired) electrons. The average Bonchev–Trinajstić information content (AvgIpc) is 3.66. The summed E-state index contributed by atoms with van der Waals surface area (Å²) in [5, 5.41) is 2.06. The summed E-state index contributed by atoms with van der Waals surface area (Å²) in [5.74, 6) is 1.83. The Morgan fingerprint density at radius 1 is 0.273 bits per heavy atom. The van der Waals surface area contributed by atoms with Crippen molar-refractivity contribution in [3.63, 3.8) is 0 Å². The van der Waals surface area contributed by atoms with E-state index in [0.29, 0.717) is 17.5 Å². The summed E-state index contributed by atoms with van der Waals surface area (Å²) in [4.78, 5) is 15.2. The van der Waals surface area contributed by atoms with Gasteiger partial charge in [0.05, 0.1) is 0 Å². The molecule has 0 saturated heterocycles. The summed E-state index contributed by atoms with van der Waals surface area (Å²) >= 11 is 0. The summed E-state index contributed by atoms with van der Waals surface area (Å²) in [6.07, 6.45) is 0. The van der Waals surface area contributed by atoms with Crippen LogP contribution >= 0.6 is 0 Å². The Hall–Kier alpha value is -7.43. The van der Waals surface area contributed by atoms with Gasteiger partial charge < -0.3 is 4.42 Å². The van der Waals surface area contributed by atoms with E-state index in [1.165, 1.54) is 11.1 Å². The molecule has 0 unspecified atom stereocenters. The van der Waals surface area contributed by atoms with Crippen molar-refractivity contribution < 1.29 is 4.42 Å². The number of benzene rings is 8. The maximum absolute atomic E-state index is 6.52. The second-order valence-corrected chi connectivity index (χ2v) is 13.6. The van der Waals surface area contributed by atoms with Gasteiger partial charge in [-0.05, 0) is 93.0 Å². The van der Waals surface area contributed by atoms with Crippen molar-refractivity contribution in [1.29, 1.82) is 0 Å². The number of rotatable bonds is 7. The molecule has 2 aromatic heterocycles. The largest absolute Gasteiger partial charge is 0.456 e. The number of hydrogen-bond acceptors (Lipinski definition) is 4. The maximum atomic E-state index is 6.52. The number of hydrogen-bond donors (Lipinski definition) is 0. The number of fused-ring (bicyclic) bond motifs is 3. The molecule has 0 aliphatic rings. The van der Waals surface area contributed by atoms with Crippen LogP contribution in [0.1, 0.15) is 0 Å². The van der Waals surface area contributed by atoms with Crippen molar-refractivity contribution in [2.24, 2.45) is 0 Å². The van der Waals surface area contributed by atoms with Crippen LogP contribution in [0.2, 0.25) is 0 Å². The van der Waals surface area contributed by atoms with E-state index in [4.69, 9.17) is 19.4 Å². The Bertz CT molecular complexity index is 2900. The van der Waals surface area contributed by atoms with Crippen LogP contribution in [0.15, 0.2) is 205 Å². The third-order valence-corrected chi connectivity index (χ3v) is 10.1. The highest BCUT2D eigenvalue weighted by Gasteiger charge is 2.18. The third-order valence-electron chi connectivity index (χ3n) is 10.1. The van der Waals surface area contributed by atoms with Crippen molar-refractivity contribution in [1.82, 2.24) is 15.0 Å². The monoisotopic (exact) mass is 703 g/mol. The molecule has 0 amide bonds. The lowest BCUT2D eigenvalue weighted by molar-refractivity contribution is 0.669. The molecule has 0 saturated carbocycles. The predicted molar refractivity (Wildman–Crippen MR) is 225 cm³/mol. The van der Waals surface area contributed by atoms with Gasteiger partial charge in [0.25, 0.3) is 0 Å². The first-order chi connectivity index (χ1) is 27.2. The van der Waals surface area contributed by atoms with Gasteiger partial charge in [-0.15, -0.1) is 0 Å². The van der Waals surface area contributed by atoms with Crippen molar-refractivity contribution in [3.05, 3.63) is 200 Å². The first-order valence-electron chi connectivity index (χ1n) is 18.4. The predicted octanol–water partition coefficient (Wildman–Crippen LogP) is 13.4. The van der Waals surface area contributed by atoms with Crippen LogP contribution in [-0.4, -0.2) is 15.0 Å². The number of furan rings is 1. The molecule has 0 bridgehead atoms. The Morgan fingerprint density at radius 2 is 0.709 bits per heavy atom. The zero-order valence-electron chi connectivity index (χ0n) is 29.8. The lowest BCUT2D eigenvalue weighted by atomic mass is 9.91. The van der Waals surface area contributed by atoms with E-state index in [2.05, 4.69) is 146 Å². The van der Waals surface area contributed by atoms with E-state index in [9.17, 15) is 0 Å². The zero-order valence-corrected chi connectivity index (χ0v) is 29.8. The molecule has 258 valence electrons. The van der Waals surface area contributed by atoms with Gasteiger partial charge in [-0.3, -0.25) is 0 Å². The van der Waals surface area contributed by atoms with Crippen molar-refractivity contribution >= 4 is 21.9 Å². The maximum Gasteiger partial charge on any atom is 0.164 e. The minimum absolute atomic E-state index is 0.597. The fourth-order valence-corrected chi connectivity index (χ4v) is 7.40. The van der Waals surface area contributed by atoms with Crippen molar-refractivity contribution in [2.75, 3.05) is 0 Å². The molecule has 4 heteroatoms. The topological polar surface area (TPSA) is 51.8 Å². The van der Waals surface area contributed by atoms with E-state index >= 15 is 0 Å². The van der Waals surface area contributed by atoms with Crippen LogP contribution in [0.25, 0.3) is 101 Å². The highest BCUT2D eigenvalue weighted by molar-refractivity contribution is 6.13. The Labute approximate surface area is 319 Å². The molecule has 10 rings (SSSR count). The zero-order chi connectivity index (χ0) is 36.6. The van der Waals surface area contributed by atoms with Gasteiger partial charge >= 0.3 is 0 Å². The van der Waals surface area contributed by atoms with E-state index in [0.717, 1.165) is 72.0 Å². The van der Waals surface area contributed by atoms with E-state index in [-0.39, 0.29) is 0 Å². The van der Waals surface area contributed by atoms with Crippen LogP contribution in [0.4, 0.5) is 0 Å². The molecule has 0 fully saturated rings. The number of nitrogens with zero attached hydrogens (tertiary/aromatic N) is 3. The Kier molecular flexibility index (Phi) is 8.12. The van der Waals surface area contributed by atoms with Gasteiger partial charge in [0.15, 0.2) is 17.5 Å². The Balaban J connectivity index is 1.15. The fourth-order valence-electron chi connectivity index (χ4n) is 7.40. The van der Waals surface area contributed by atoms with Crippen LogP contribution in [0.5, 0.6) is 0 Å². The molecule has 55 heavy (non-hydrogen) atoms. The minimum atomic E-state index is 0.597. The molecule has 0 aliphatic carbocycles. The summed E-state index contributed by atoms with van der Waals surface area (Å²) in [5.41, 5.74) is 13.5. The van der Waals surface area contributed by atoms with E-state index in [1.54, 1.807) is 0 Å². The summed E-state index contributed by atoms with van der Waals surface area (Å²) in [6.45, 7) is 0. The summed E-state index contributed by atoms with van der Waals surface area (Å²) in [7, 11) is 0. The molecule has 2 heterocycles. The third kappa shape index (κ3) is 6.26. The van der Waals surface area contributed by atoms with E-state index < -0.39 is 0 Å². The summed E-state index contributed by atoms with van der Waals surface area (Å²) in [6, 6.07) is 69.4. The highest BCUT2D eigenvalue weighted by Crippen LogP contribution is 2.41. The molecule has 0 atom stereocenters. The normalized spacial score (nSPS) is 11.3. The molecule has 0 N–H and O–H groups in total. The van der Waals surface area contributed by atoms with Gasteiger partial charge in [0.2, 0.25) is 0 Å².